The molecule has 0 aliphatic heterocycles. The lowest BCUT2D eigenvalue weighted by Crippen LogP contribution is -2.17. The first-order valence-corrected chi connectivity index (χ1v) is 5.94. The predicted molar refractivity (Wildman–Crippen MR) is 70.6 cm³/mol. The van der Waals surface area contributed by atoms with Gasteiger partial charge in [0.15, 0.2) is 0 Å². The van der Waals surface area contributed by atoms with Crippen LogP contribution in [0.5, 0.6) is 0 Å². The molecule has 2 aromatic rings. The van der Waals surface area contributed by atoms with Crippen molar-refractivity contribution in [3.63, 3.8) is 0 Å². The van der Waals surface area contributed by atoms with Gasteiger partial charge < -0.3 is 14.2 Å². The molecule has 0 radical (unpaired) electrons. The van der Waals surface area contributed by atoms with Gasteiger partial charge >= 0.3 is 0 Å². The van der Waals surface area contributed by atoms with Crippen molar-refractivity contribution >= 4 is 17.0 Å². The summed E-state index contributed by atoms with van der Waals surface area (Å²) in [7, 11) is 4.02. The summed E-state index contributed by atoms with van der Waals surface area (Å²) in [6.07, 6.45) is 0. The van der Waals surface area contributed by atoms with E-state index in [1.807, 2.05) is 44.1 Å². The minimum atomic E-state index is 0.720. The molecule has 17 heavy (non-hydrogen) atoms. The fraction of sp³-hybridized carbons (Fsp3) is 0.462. The average molecular weight is 233 g/mol. The minimum absolute atomic E-state index is 0.720. The van der Waals surface area contributed by atoms with Crippen molar-refractivity contribution in [3.8, 4) is 0 Å². The highest BCUT2D eigenvalue weighted by atomic mass is 16.5. The number of aromatic nitrogens is 2. The van der Waals surface area contributed by atoms with Gasteiger partial charge in [-0.3, -0.25) is 0 Å². The number of nitrogens with zero attached hydrogens (tertiary/aromatic N) is 3. The topological polar surface area (TPSA) is 30.3 Å². The van der Waals surface area contributed by atoms with Crippen LogP contribution in [0.15, 0.2) is 24.3 Å². The number of hydrogen-bond acceptors (Lipinski definition) is 3. The molecule has 1 aromatic heterocycles. The fourth-order valence-corrected chi connectivity index (χ4v) is 1.92. The zero-order chi connectivity index (χ0) is 12.3. The summed E-state index contributed by atoms with van der Waals surface area (Å²) in [5.74, 6) is 0.978. The second kappa shape index (κ2) is 5.19. The number of anilines is 1. The number of para-hydroxylation sites is 2. The van der Waals surface area contributed by atoms with Crippen molar-refractivity contribution in [3.05, 3.63) is 24.3 Å². The third-order valence-corrected chi connectivity index (χ3v) is 2.70. The average Bonchev–Trinajstić information content (AvgIpc) is 2.69. The maximum absolute atomic E-state index is 5.42. The highest BCUT2D eigenvalue weighted by Crippen LogP contribution is 2.20. The van der Waals surface area contributed by atoms with Crippen molar-refractivity contribution in [2.75, 3.05) is 32.2 Å². The minimum Gasteiger partial charge on any atom is -0.380 e. The molecule has 1 heterocycles. The zero-order valence-electron chi connectivity index (χ0n) is 10.7. The number of hydrogen-bond donors (Lipinski definition) is 0. The summed E-state index contributed by atoms with van der Waals surface area (Å²) in [6.45, 7) is 4.32. The number of imidazole rings is 1. The largest absolute Gasteiger partial charge is 0.380 e. The number of rotatable bonds is 5. The van der Waals surface area contributed by atoms with Gasteiger partial charge in [-0.25, -0.2) is 4.98 Å². The van der Waals surface area contributed by atoms with Crippen LogP contribution in [0.25, 0.3) is 11.0 Å². The first-order chi connectivity index (χ1) is 8.24. The Bertz CT molecular complexity index is 490. The van der Waals surface area contributed by atoms with Crippen LogP contribution in [0, 0.1) is 0 Å². The van der Waals surface area contributed by atoms with Crippen LogP contribution < -0.4 is 4.90 Å². The van der Waals surface area contributed by atoms with Gasteiger partial charge in [0.05, 0.1) is 17.6 Å². The van der Waals surface area contributed by atoms with Crippen LogP contribution in [0.2, 0.25) is 0 Å². The Morgan fingerprint density at radius 1 is 1.29 bits per heavy atom. The van der Waals surface area contributed by atoms with Gasteiger partial charge in [-0.2, -0.15) is 0 Å². The van der Waals surface area contributed by atoms with Crippen LogP contribution >= 0.6 is 0 Å². The quantitative estimate of drug-likeness (QED) is 0.741. The van der Waals surface area contributed by atoms with Crippen molar-refractivity contribution in [2.45, 2.75) is 13.5 Å². The summed E-state index contributed by atoms with van der Waals surface area (Å²) < 4.78 is 7.62. The van der Waals surface area contributed by atoms with E-state index < -0.39 is 0 Å². The van der Waals surface area contributed by atoms with Crippen molar-refractivity contribution in [1.82, 2.24) is 9.55 Å². The van der Waals surface area contributed by atoms with E-state index in [1.165, 1.54) is 0 Å². The zero-order valence-corrected chi connectivity index (χ0v) is 10.7. The Balaban J connectivity index is 2.37. The highest BCUT2D eigenvalue weighted by Gasteiger charge is 2.11. The molecule has 0 atom stereocenters. The lowest BCUT2D eigenvalue weighted by atomic mass is 10.3. The van der Waals surface area contributed by atoms with Crippen LogP contribution in [0.1, 0.15) is 6.92 Å². The summed E-state index contributed by atoms with van der Waals surface area (Å²) in [5.41, 5.74) is 2.20. The molecule has 0 N–H and O–H groups in total. The molecule has 0 aliphatic carbocycles. The van der Waals surface area contributed by atoms with E-state index in [2.05, 4.69) is 15.6 Å². The smallest absolute Gasteiger partial charge is 0.206 e. The third-order valence-electron chi connectivity index (χ3n) is 2.70. The van der Waals surface area contributed by atoms with E-state index in [0.29, 0.717) is 0 Å². The van der Waals surface area contributed by atoms with E-state index in [1.54, 1.807) is 0 Å². The second-order valence-corrected chi connectivity index (χ2v) is 4.14. The van der Waals surface area contributed by atoms with Gasteiger partial charge in [0.2, 0.25) is 5.95 Å². The molecule has 4 heteroatoms. The first kappa shape index (κ1) is 11.9. The molecule has 92 valence electrons. The van der Waals surface area contributed by atoms with E-state index in [9.17, 15) is 0 Å². The number of benzene rings is 1. The molecule has 0 bridgehead atoms. The standard InChI is InChI=1S/C13H19N3O/c1-4-17-10-9-16-12-8-6-5-7-11(12)14-13(16)15(2)3/h5-8H,4,9-10H2,1-3H3. The van der Waals surface area contributed by atoms with Crippen LogP contribution in [-0.2, 0) is 11.3 Å². The van der Waals surface area contributed by atoms with Gasteiger partial charge in [0.25, 0.3) is 0 Å². The van der Waals surface area contributed by atoms with Crippen LogP contribution in [-0.4, -0.2) is 36.9 Å². The monoisotopic (exact) mass is 233 g/mol. The molecule has 0 saturated heterocycles. The highest BCUT2D eigenvalue weighted by molar-refractivity contribution is 5.78. The van der Waals surface area contributed by atoms with Crippen molar-refractivity contribution < 1.29 is 4.74 Å². The Kier molecular flexibility index (Phi) is 3.64. The first-order valence-electron chi connectivity index (χ1n) is 5.94. The summed E-state index contributed by atoms with van der Waals surface area (Å²) in [4.78, 5) is 6.66. The SMILES string of the molecule is CCOCCn1c(N(C)C)nc2ccccc21. The normalized spacial score (nSPS) is 11.0. The Labute approximate surface area is 102 Å². The molecular formula is C13H19N3O. The molecule has 2 rings (SSSR count). The molecule has 0 fully saturated rings. The lowest BCUT2D eigenvalue weighted by Gasteiger charge is -2.14. The molecule has 0 saturated carbocycles. The summed E-state index contributed by atoms with van der Waals surface area (Å²) in [6, 6.07) is 8.20. The van der Waals surface area contributed by atoms with E-state index in [0.717, 1.165) is 36.7 Å². The number of ether oxygens (including phenoxy) is 1. The fourth-order valence-electron chi connectivity index (χ4n) is 1.92. The maximum Gasteiger partial charge on any atom is 0.206 e. The van der Waals surface area contributed by atoms with E-state index in [-0.39, 0.29) is 0 Å². The van der Waals surface area contributed by atoms with Gasteiger partial charge in [-0.1, -0.05) is 12.1 Å². The predicted octanol–water partition coefficient (Wildman–Crippen LogP) is 2.14. The molecule has 1 aromatic carbocycles. The second-order valence-electron chi connectivity index (χ2n) is 4.14. The lowest BCUT2D eigenvalue weighted by molar-refractivity contribution is 0.140. The van der Waals surface area contributed by atoms with Crippen molar-refractivity contribution in [2.24, 2.45) is 0 Å². The van der Waals surface area contributed by atoms with Crippen LogP contribution in [0.4, 0.5) is 5.95 Å². The van der Waals surface area contributed by atoms with Gasteiger partial charge in [-0.15, -0.1) is 0 Å². The Morgan fingerprint density at radius 2 is 2.06 bits per heavy atom. The van der Waals surface area contributed by atoms with Crippen LogP contribution in [0.3, 0.4) is 0 Å². The summed E-state index contributed by atoms with van der Waals surface area (Å²) in [5, 5.41) is 0. The summed E-state index contributed by atoms with van der Waals surface area (Å²) >= 11 is 0. The maximum atomic E-state index is 5.42. The molecular weight excluding hydrogens is 214 g/mol. The van der Waals surface area contributed by atoms with E-state index in [4.69, 9.17) is 4.74 Å². The van der Waals surface area contributed by atoms with Gasteiger partial charge in [0, 0.05) is 27.2 Å². The molecule has 4 nitrogen and oxygen atoms in total. The van der Waals surface area contributed by atoms with Gasteiger partial charge in [0.1, 0.15) is 0 Å². The van der Waals surface area contributed by atoms with Crippen molar-refractivity contribution in [1.29, 1.82) is 0 Å². The molecule has 0 spiro atoms. The Morgan fingerprint density at radius 3 is 2.76 bits per heavy atom. The van der Waals surface area contributed by atoms with Gasteiger partial charge in [-0.05, 0) is 19.1 Å². The third kappa shape index (κ3) is 2.42. The molecule has 0 unspecified atom stereocenters. The van der Waals surface area contributed by atoms with E-state index >= 15 is 0 Å². The molecule has 0 aliphatic rings. The molecule has 0 amide bonds. The Hall–Kier alpha value is -1.55. The number of fused-ring (bicyclic) bond motifs is 1.